The van der Waals surface area contributed by atoms with Gasteiger partial charge < -0.3 is 15.0 Å². The molecule has 1 N–H and O–H groups in total. The predicted octanol–water partition coefficient (Wildman–Crippen LogP) is 0.182. The van der Waals surface area contributed by atoms with E-state index < -0.39 is 0 Å². The first-order valence-electron chi connectivity index (χ1n) is 6.44. The number of likely N-dealkylation sites (N-methyl/N-ethyl adjacent to an activating group) is 1. The fourth-order valence-corrected chi connectivity index (χ4v) is 2.28. The molecule has 0 bridgehead atoms. The average Bonchev–Trinajstić information content (AvgIpc) is 2.80. The summed E-state index contributed by atoms with van der Waals surface area (Å²) in [6.07, 6.45) is 1.02. The van der Waals surface area contributed by atoms with E-state index in [0.29, 0.717) is 18.3 Å². The molecular weight excluding hydrogens is 248 g/mol. The fraction of sp³-hybridized carbons (Fsp3) is 0.833. The van der Waals surface area contributed by atoms with Gasteiger partial charge in [-0.1, -0.05) is 0 Å². The normalized spacial score (nSPS) is 20.4. The summed E-state index contributed by atoms with van der Waals surface area (Å²) >= 11 is 0. The Labute approximate surface area is 114 Å². The standard InChI is InChI=1S/C12H24N4O3/c1-13-12(11(16(17)18)8-14(2)3)15(4)7-10-5-6-19-9-10/h10,13H,5-9H2,1-4H3. The van der Waals surface area contributed by atoms with Crippen molar-refractivity contribution >= 4 is 0 Å². The van der Waals surface area contributed by atoms with E-state index in [1.165, 1.54) is 0 Å². The van der Waals surface area contributed by atoms with Crippen molar-refractivity contribution in [2.45, 2.75) is 6.42 Å². The Hall–Kier alpha value is -1.34. The summed E-state index contributed by atoms with van der Waals surface area (Å²) in [6.45, 7) is 2.59. The largest absolute Gasteiger partial charge is 0.381 e. The number of ether oxygens (including phenoxy) is 1. The van der Waals surface area contributed by atoms with Crippen molar-refractivity contribution in [2.24, 2.45) is 5.92 Å². The van der Waals surface area contributed by atoms with Gasteiger partial charge in [-0.2, -0.15) is 0 Å². The second-order valence-electron chi connectivity index (χ2n) is 5.15. The second-order valence-corrected chi connectivity index (χ2v) is 5.15. The minimum atomic E-state index is -0.312. The Bertz CT molecular complexity index is 338. The van der Waals surface area contributed by atoms with Gasteiger partial charge in [-0.3, -0.25) is 15.0 Å². The van der Waals surface area contributed by atoms with Gasteiger partial charge in [0.15, 0.2) is 5.82 Å². The lowest BCUT2D eigenvalue weighted by atomic mass is 10.1. The smallest absolute Gasteiger partial charge is 0.299 e. The number of hydrogen-bond donors (Lipinski definition) is 1. The van der Waals surface area contributed by atoms with Crippen LogP contribution in [0, 0.1) is 16.0 Å². The average molecular weight is 272 g/mol. The van der Waals surface area contributed by atoms with E-state index in [2.05, 4.69) is 5.32 Å². The van der Waals surface area contributed by atoms with Crippen molar-refractivity contribution in [3.63, 3.8) is 0 Å². The van der Waals surface area contributed by atoms with Crippen molar-refractivity contribution in [2.75, 3.05) is 54.5 Å². The monoisotopic (exact) mass is 272 g/mol. The minimum absolute atomic E-state index is 0.189. The lowest BCUT2D eigenvalue weighted by Gasteiger charge is -2.25. The third-order valence-electron chi connectivity index (χ3n) is 3.13. The van der Waals surface area contributed by atoms with Crippen LogP contribution in [0.3, 0.4) is 0 Å². The maximum Gasteiger partial charge on any atom is 0.299 e. The van der Waals surface area contributed by atoms with E-state index in [9.17, 15) is 10.1 Å². The van der Waals surface area contributed by atoms with Crippen LogP contribution in [0.1, 0.15) is 6.42 Å². The molecule has 7 heteroatoms. The van der Waals surface area contributed by atoms with Crippen LogP contribution in [-0.2, 0) is 4.74 Å². The zero-order valence-corrected chi connectivity index (χ0v) is 12.2. The van der Waals surface area contributed by atoms with Gasteiger partial charge in [0.25, 0.3) is 5.70 Å². The molecule has 0 aliphatic carbocycles. The second kappa shape index (κ2) is 7.30. The maximum absolute atomic E-state index is 11.2. The van der Waals surface area contributed by atoms with Crippen LogP contribution >= 0.6 is 0 Å². The van der Waals surface area contributed by atoms with Gasteiger partial charge in [0, 0.05) is 33.2 Å². The van der Waals surface area contributed by atoms with Crippen molar-refractivity contribution in [1.82, 2.24) is 15.1 Å². The van der Waals surface area contributed by atoms with Gasteiger partial charge >= 0.3 is 0 Å². The first kappa shape index (κ1) is 15.7. The van der Waals surface area contributed by atoms with Crippen LogP contribution in [0.4, 0.5) is 0 Å². The number of nitrogens with zero attached hydrogens (tertiary/aromatic N) is 3. The summed E-state index contributed by atoms with van der Waals surface area (Å²) in [5, 5.41) is 14.2. The van der Waals surface area contributed by atoms with Crippen molar-refractivity contribution < 1.29 is 9.66 Å². The third kappa shape index (κ3) is 4.68. The molecule has 19 heavy (non-hydrogen) atoms. The first-order valence-corrected chi connectivity index (χ1v) is 6.44. The molecule has 0 radical (unpaired) electrons. The molecule has 0 saturated carbocycles. The molecular formula is C12H24N4O3. The molecule has 0 aromatic rings. The molecule has 1 fully saturated rings. The van der Waals surface area contributed by atoms with Crippen LogP contribution in [0.5, 0.6) is 0 Å². The van der Waals surface area contributed by atoms with Crippen molar-refractivity contribution in [3.05, 3.63) is 21.6 Å². The van der Waals surface area contributed by atoms with E-state index in [1.807, 2.05) is 26.0 Å². The molecule has 0 aromatic carbocycles. The van der Waals surface area contributed by atoms with Crippen LogP contribution < -0.4 is 5.32 Å². The van der Waals surface area contributed by atoms with E-state index in [0.717, 1.165) is 26.2 Å². The van der Waals surface area contributed by atoms with Gasteiger partial charge in [0.2, 0.25) is 0 Å². The molecule has 1 atom stereocenters. The van der Waals surface area contributed by atoms with Crippen LogP contribution in [-0.4, -0.2) is 69.2 Å². The Morgan fingerprint density at radius 3 is 2.58 bits per heavy atom. The Kier molecular flexibility index (Phi) is 6.04. The minimum Gasteiger partial charge on any atom is -0.381 e. The molecule has 1 heterocycles. The predicted molar refractivity (Wildman–Crippen MR) is 73.2 cm³/mol. The molecule has 1 aliphatic rings. The summed E-state index contributed by atoms with van der Waals surface area (Å²) in [4.78, 5) is 14.6. The van der Waals surface area contributed by atoms with Crippen molar-refractivity contribution in [1.29, 1.82) is 0 Å². The zero-order valence-electron chi connectivity index (χ0n) is 12.2. The summed E-state index contributed by atoms with van der Waals surface area (Å²) in [6, 6.07) is 0. The number of nitro groups is 1. The van der Waals surface area contributed by atoms with E-state index in [1.54, 1.807) is 11.9 Å². The van der Waals surface area contributed by atoms with Crippen LogP contribution in [0.25, 0.3) is 0 Å². The van der Waals surface area contributed by atoms with Crippen LogP contribution in [0.2, 0.25) is 0 Å². The Balaban J connectivity index is 2.82. The quantitative estimate of drug-likeness (QED) is 0.526. The van der Waals surface area contributed by atoms with Gasteiger partial charge in [0.1, 0.15) is 0 Å². The Morgan fingerprint density at radius 2 is 2.16 bits per heavy atom. The van der Waals surface area contributed by atoms with Crippen molar-refractivity contribution in [3.8, 4) is 0 Å². The molecule has 1 aliphatic heterocycles. The molecule has 110 valence electrons. The van der Waals surface area contributed by atoms with E-state index >= 15 is 0 Å². The zero-order chi connectivity index (χ0) is 14.4. The number of nitrogens with one attached hydrogen (secondary N) is 1. The van der Waals surface area contributed by atoms with Gasteiger partial charge in [-0.15, -0.1) is 0 Å². The van der Waals surface area contributed by atoms with Gasteiger partial charge in [-0.25, -0.2) is 0 Å². The van der Waals surface area contributed by atoms with Crippen LogP contribution in [0.15, 0.2) is 11.5 Å². The van der Waals surface area contributed by atoms with Gasteiger partial charge in [-0.05, 0) is 20.5 Å². The molecule has 1 unspecified atom stereocenters. The van der Waals surface area contributed by atoms with Gasteiger partial charge in [0.05, 0.1) is 18.1 Å². The molecule has 0 aromatic heterocycles. The topological polar surface area (TPSA) is 70.9 Å². The highest BCUT2D eigenvalue weighted by atomic mass is 16.6. The summed E-state index contributed by atoms with van der Waals surface area (Å²) in [5.74, 6) is 1.02. The maximum atomic E-state index is 11.2. The summed E-state index contributed by atoms with van der Waals surface area (Å²) < 4.78 is 5.34. The SMILES string of the molecule is CNC(=C(CN(C)C)[N+](=O)[O-])N(C)CC1CCOC1. The first-order chi connectivity index (χ1) is 8.95. The van der Waals surface area contributed by atoms with E-state index in [-0.39, 0.29) is 10.6 Å². The number of hydrogen-bond acceptors (Lipinski definition) is 6. The molecule has 1 rings (SSSR count). The molecule has 0 spiro atoms. The highest BCUT2D eigenvalue weighted by molar-refractivity contribution is 5.06. The summed E-state index contributed by atoms with van der Waals surface area (Å²) in [5.41, 5.74) is 0.189. The summed E-state index contributed by atoms with van der Waals surface area (Å²) in [7, 11) is 7.24. The molecule has 1 saturated heterocycles. The lowest BCUT2D eigenvalue weighted by Crippen LogP contribution is -2.35. The van der Waals surface area contributed by atoms with E-state index in [4.69, 9.17) is 4.74 Å². The molecule has 0 amide bonds. The highest BCUT2D eigenvalue weighted by Crippen LogP contribution is 2.16. The highest BCUT2D eigenvalue weighted by Gasteiger charge is 2.25. The number of rotatable bonds is 7. The fourth-order valence-electron chi connectivity index (χ4n) is 2.28. The molecule has 7 nitrogen and oxygen atoms in total. The third-order valence-corrected chi connectivity index (χ3v) is 3.13. The Morgan fingerprint density at radius 1 is 1.47 bits per heavy atom. The lowest BCUT2D eigenvalue weighted by molar-refractivity contribution is -0.430.